The van der Waals surface area contributed by atoms with E-state index in [1.807, 2.05) is 19.1 Å². The molecule has 2 atom stereocenters. The van der Waals surface area contributed by atoms with E-state index in [-0.39, 0.29) is 17.9 Å². The quantitative estimate of drug-likeness (QED) is 0.786. The maximum atomic E-state index is 11.9. The number of thiocarbonyl (C=S) groups is 1. The summed E-state index contributed by atoms with van der Waals surface area (Å²) in [6.07, 6.45) is 1.93. The number of aryl methyl sites for hydroxylation is 1. The van der Waals surface area contributed by atoms with Gasteiger partial charge in [-0.25, -0.2) is 4.98 Å². The Kier molecular flexibility index (Phi) is 3.33. The zero-order chi connectivity index (χ0) is 14.3. The number of anilines is 1. The molecular formula is C14H18N4OS. The van der Waals surface area contributed by atoms with Crippen LogP contribution in [0.3, 0.4) is 0 Å². The van der Waals surface area contributed by atoms with Crippen LogP contribution in [0.2, 0.25) is 0 Å². The molecule has 3 heterocycles. The number of aromatic nitrogens is 1. The molecule has 0 bridgehead atoms. The molecule has 0 spiro atoms. The molecule has 1 aromatic heterocycles. The van der Waals surface area contributed by atoms with Crippen molar-refractivity contribution in [3.63, 3.8) is 0 Å². The molecule has 5 nitrogen and oxygen atoms in total. The van der Waals surface area contributed by atoms with Gasteiger partial charge >= 0.3 is 0 Å². The molecule has 0 aliphatic carbocycles. The Labute approximate surface area is 123 Å². The minimum absolute atomic E-state index is 0.0604. The largest absolute Gasteiger partial charge is 0.389 e. The van der Waals surface area contributed by atoms with Crippen LogP contribution in [0.5, 0.6) is 0 Å². The number of carbonyl (C=O) groups is 1. The fourth-order valence-electron chi connectivity index (χ4n) is 3.17. The van der Waals surface area contributed by atoms with Gasteiger partial charge in [0.2, 0.25) is 5.91 Å². The Hall–Kier alpha value is -1.69. The van der Waals surface area contributed by atoms with Crippen LogP contribution < -0.4 is 16.0 Å². The van der Waals surface area contributed by atoms with Gasteiger partial charge in [0.15, 0.2) is 0 Å². The molecule has 2 saturated heterocycles. The van der Waals surface area contributed by atoms with Crippen LogP contribution in [0.4, 0.5) is 5.82 Å². The predicted octanol–water partition coefficient (Wildman–Crippen LogP) is 0.739. The molecule has 0 radical (unpaired) electrons. The van der Waals surface area contributed by atoms with Crippen molar-refractivity contribution >= 4 is 28.9 Å². The lowest BCUT2D eigenvalue weighted by Gasteiger charge is -2.37. The molecule has 1 aromatic rings. The summed E-state index contributed by atoms with van der Waals surface area (Å²) < 4.78 is 0. The van der Waals surface area contributed by atoms with E-state index < -0.39 is 0 Å². The summed E-state index contributed by atoms with van der Waals surface area (Å²) >= 11 is 5.13. The molecule has 2 fully saturated rings. The minimum atomic E-state index is 0.0604. The van der Waals surface area contributed by atoms with Crippen molar-refractivity contribution < 1.29 is 4.79 Å². The number of rotatable bonds is 2. The lowest BCUT2D eigenvalue weighted by Crippen LogP contribution is -2.46. The lowest BCUT2D eigenvalue weighted by atomic mass is 9.91. The SMILES string of the molecule is Cc1ccc(C(N)=S)c(N2CCCC3C(=O)NCC32)n1. The number of carbonyl (C=O) groups excluding carboxylic acids is 1. The van der Waals surface area contributed by atoms with E-state index in [2.05, 4.69) is 15.2 Å². The first kappa shape index (κ1) is 13.3. The number of nitrogens with one attached hydrogen (secondary N) is 1. The average Bonchev–Trinajstić information content (AvgIpc) is 2.80. The summed E-state index contributed by atoms with van der Waals surface area (Å²) in [6, 6.07) is 4.00. The third-order valence-electron chi connectivity index (χ3n) is 4.15. The summed E-state index contributed by atoms with van der Waals surface area (Å²) in [7, 11) is 0. The van der Waals surface area contributed by atoms with Gasteiger partial charge in [0.05, 0.1) is 17.5 Å². The molecule has 2 aliphatic rings. The second-order valence-electron chi connectivity index (χ2n) is 5.44. The van der Waals surface area contributed by atoms with Crippen molar-refractivity contribution in [2.45, 2.75) is 25.8 Å². The number of hydrogen-bond donors (Lipinski definition) is 2. The summed E-state index contributed by atoms with van der Waals surface area (Å²) in [5, 5.41) is 2.95. The summed E-state index contributed by atoms with van der Waals surface area (Å²) in [4.78, 5) is 19.0. The zero-order valence-electron chi connectivity index (χ0n) is 11.4. The fourth-order valence-corrected chi connectivity index (χ4v) is 3.33. The van der Waals surface area contributed by atoms with Gasteiger partial charge in [-0.15, -0.1) is 0 Å². The smallest absolute Gasteiger partial charge is 0.225 e. The highest BCUT2D eigenvalue weighted by atomic mass is 32.1. The molecule has 2 unspecified atom stereocenters. The Morgan fingerprint density at radius 2 is 2.35 bits per heavy atom. The molecular weight excluding hydrogens is 272 g/mol. The van der Waals surface area contributed by atoms with Gasteiger partial charge in [-0.05, 0) is 31.9 Å². The number of nitrogens with zero attached hydrogens (tertiary/aromatic N) is 2. The number of pyridine rings is 1. The van der Waals surface area contributed by atoms with Gasteiger partial charge in [0.25, 0.3) is 0 Å². The van der Waals surface area contributed by atoms with Gasteiger partial charge in [0, 0.05) is 18.8 Å². The molecule has 1 amide bonds. The molecule has 0 saturated carbocycles. The van der Waals surface area contributed by atoms with Crippen molar-refractivity contribution in [3.05, 3.63) is 23.4 Å². The van der Waals surface area contributed by atoms with Crippen LogP contribution in [-0.4, -0.2) is 35.0 Å². The van der Waals surface area contributed by atoms with Crippen LogP contribution in [0.1, 0.15) is 24.1 Å². The molecule has 20 heavy (non-hydrogen) atoms. The second-order valence-corrected chi connectivity index (χ2v) is 5.88. The molecule has 3 N–H and O–H groups in total. The van der Waals surface area contributed by atoms with E-state index in [1.165, 1.54) is 0 Å². The summed E-state index contributed by atoms with van der Waals surface area (Å²) in [5.74, 6) is 1.04. The number of nitrogens with two attached hydrogens (primary N) is 1. The molecule has 2 aliphatic heterocycles. The first-order valence-electron chi connectivity index (χ1n) is 6.89. The standard InChI is InChI=1S/C14H18N4OS/c1-8-4-5-10(12(15)20)13(17-8)18-6-2-3-9-11(18)7-16-14(9)19/h4-5,9,11H,2-3,6-7H2,1H3,(H2,15,20)(H,16,19). The van der Waals surface area contributed by atoms with Crippen LogP contribution in [0.15, 0.2) is 12.1 Å². The number of amides is 1. The highest BCUT2D eigenvalue weighted by Gasteiger charge is 2.41. The first-order chi connectivity index (χ1) is 9.58. The lowest BCUT2D eigenvalue weighted by molar-refractivity contribution is -0.122. The minimum Gasteiger partial charge on any atom is -0.389 e. The first-order valence-corrected chi connectivity index (χ1v) is 7.30. The van der Waals surface area contributed by atoms with Gasteiger partial charge in [-0.1, -0.05) is 12.2 Å². The summed E-state index contributed by atoms with van der Waals surface area (Å²) in [5.41, 5.74) is 7.54. The number of piperidine rings is 1. The van der Waals surface area contributed by atoms with Gasteiger partial charge < -0.3 is 16.0 Å². The number of hydrogen-bond acceptors (Lipinski definition) is 4. The van der Waals surface area contributed by atoms with Crippen molar-refractivity contribution in [1.82, 2.24) is 10.3 Å². The van der Waals surface area contributed by atoms with E-state index in [1.54, 1.807) is 0 Å². The Balaban J connectivity index is 2.01. The fraction of sp³-hybridized carbons (Fsp3) is 0.500. The van der Waals surface area contributed by atoms with E-state index in [0.717, 1.165) is 36.5 Å². The Morgan fingerprint density at radius 1 is 1.55 bits per heavy atom. The third kappa shape index (κ3) is 2.14. The van der Waals surface area contributed by atoms with E-state index in [9.17, 15) is 4.79 Å². The maximum Gasteiger partial charge on any atom is 0.225 e. The van der Waals surface area contributed by atoms with Gasteiger partial charge in [-0.2, -0.15) is 0 Å². The van der Waals surface area contributed by atoms with Gasteiger partial charge in [0.1, 0.15) is 10.8 Å². The Bertz CT molecular complexity index is 574. The second kappa shape index (κ2) is 5.01. The highest BCUT2D eigenvalue weighted by molar-refractivity contribution is 7.80. The zero-order valence-corrected chi connectivity index (χ0v) is 12.2. The third-order valence-corrected chi connectivity index (χ3v) is 4.37. The van der Waals surface area contributed by atoms with Crippen LogP contribution in [0, 0.1) is 12.8 Å². The topological polar surface area (TPSA) is 71.2 Å². The van der Waals surface area contributed by atoms with Crippen molar-refractivity contribution in [3.8, 4) is 0 Å². The monoisotopic (exact) mass is 290 g/mol. The van der Waals surface area contributed by atoms with Crippen molar-refractivity contribution in [2.24, 2.45) is 11.7 Å². The molecule has 0 aromatic carbocycles. The van der Waals surface area contributed by atoms with Crippen LogP contribution >= 0.6 is 12.2 Å². The Morgan fingerprint density at radius 3 is 3.10 bits per heavy atom. The van der Waals surface area contributed by atoms with Gasteiger partial charge in [-0.3, -0.25) is 4.79 Å². The molecule has 106 valence electrons. The van der Waals surface area contributed by atoms with E-state index in [0.29, 0.717) is 11.5 Å². The number of fused-ring (bicyclic) bond motifs is 1. The average molecular weight is 290 g/mol. The van der Waals surface area contributed by atoms with Crippen molar-refractivity contribution in [2.75, 3.05) is 18.0 Å². The molecule has 3 rings (SSSR count). The highest BCUT2D eigenvalue weighted by Crippen LogP contribution is 2.32. The van der Waals surface area contributed by atoms with Crippen LogP contribution in [0.25, 0.3) is 0 Å². The van der Waals surface area contributed by atoms with Crippen molar-refractivity contribution in [1.29, 1.82) is 0 Å². The maximum absolute atomic E-state index is 11.9. The molecule has 6 heteroatoms. The van der Waals surface area contributed by atoms with E-state index in [4.69, 9.17) is 18.0 Å². The van der Waals surface area contributed by atoms with Crippen LogP contribution in [-0.2, 0) is 4.79 Å². The van der Waals surface area contributed by atoms with E-state index >= 15 is 0 Å². The predicted molar refractivity (Wildman–Crippen MR) is 81.7 cm³/mol. The normalized spacial score (nSPS) is 25.2. The summed E-state index contributed by atoms with van der Waals surface area (Å²) in [6.45, 7) is 3.52.